The first-order chi connectivity index (χ1) is 14.0. The van der Waals surface area contributed by atoms with Crippen LogP contribution >= 0.6 is 0 Å². The molecule has 2 N–H and O–H groups in total. The summed E-state index contributed by atoms with van der Waals surface area (Å²) in [6.45, 7) is 0. The molecule has 0 unspecified atom stereocenters. The average molecular weight is 416 g/mol. The Balaban J connectivity index is 1.82. The molecular weight excluding hydrogens is 396 g/mol. The molecule has 3 rings (SSSR count). The Hall–Kier alpha value is -3.53. The summed E-state index contributed by atoms with van der Waals surface area (Å²) in [5, 5.41) is 10.7. The summed E-state index contributed by atoms with van der Waals surface area (Å²) in [6.07, 6.45) is 2.91. The Morgan fingerprint density at radius 2 is 1.69 bits per heavy atom. The van der Waals surface area contributed by atoms with Crippen molar-refractivity contribution in [3.8, 4) is 28.5 Å². The molecule has 10 heteroatoms. The van der Waals surface area contributed by atoms with Gasteiger partial charge in [0.1, 0.15) is 22.1 Å². The van der Waals surface area contributed by atoms with E-state index in [9.17, 15) is 8.42 Å². The molecule has 0 aliphatic rings. The van der Waals surface area contributed by atoms with E-state index in [4.69, 9.17) is 14.2 Å². The summed E-state index contributed by atoms with van der Waals surface area (Å²) in [4.78, 5) is 2.10. The molecule has 152 valence electrons. The lowest BCUT2D eigenvalue weighted by Crippen LogP contribution is -2.19. The van der Waals surface area contributed by atoms with Gasteiger partial charge in [-0.25, -0.2) is 0 Å². The van der Waals surface area contributed by atoms with Crippen molar-refractivity contribution in [2.45, 2.75) is 4.90 Å². The molecule has 0 spiro atoms. The van der Waals surface area contributed by atoms with E-state index in [0.29, 0.717) is 17.0 Å². The molecule has 1 aromatic heterocycles. The normalized spacial score (nSPS) is 11.4. The van der Waals surface area contributed by atoms with Crippen LogP contribution < -0.4 is 19.0 Å². The fraction of sp³-hybridized carbons (Fsp3) is 0.158. The van der Waals surface area contributed by atoms with E-state index in [2.05, 4.69) is 20.1 Å². The smallest absolute Gasteiger partial charge is 0.280 e. The zero-order valence-corrected chi connectivity index (χ0v) is 16.9. The van der Waals surface area contributed by atoms with Gasteiger partial charge in [-0.1, -0.05) is 0 Å². The molecule has 3 aromatic rings. The number of sulfonamides is 1. The Morgan fingerprint density at radius 3 is 2.34 bits per heavy atom. The van der Waals surface area contributed by atoms with Crippen LogP contribution in [0.2, 0.25) is 0 Å². The van der Waals surface area contributed by atoms with Crippen LogP contribution in [0, 0.1) is 0 Å². The van der Waals surface area contributed by atoms with Crippen molar-refractivity contribution < 1.29 is 22.6 Å². The maximum atomic E-state index is 12.6. The zero-order chi connectivity index (χ0) is 20.9. The van der Waals surface area contributed by atoms with Crippen molar-refractivity contribution in [3.63, 3.8) is 0 Å². The number of nitrogens with zero attached hydrogens (tertiary/aromatic N) is 2. The van der Waals surface area contributed by atoms with Crippen molar-refractivity contribution in [1.82, 2.24) is 15.0 Å². The predicted octanol–water partition coefficient (Wildman–Crippen LogP) is 2.41. The Labute approximate surface area is 168 Å². The molecule has 0 atom stereocenters. The number of nitrogens with one attached hydrogen (secondary N) is 2. The van der Waals surface area contributed by atoms with Gasteiger partial charge < -0.3 is 14.2 Å². The van der Waals surface area contributed by atoms with E-state index in [1.807, 2.05) is 24.3 Å². The largest absolute Gasteiger partial charge is 0.497 e. The standard InChI is InChI=1S/C19H20N4O5S/c1-26-15-6-4-13(5-7-15)19-14(11-20-22-19)12-21-23-29(24,25)18-10-16(27-2)8-9-17(18)28-3/h4-12,23H,1-3H3,(H,20,22)/b21-12+. The minimum absolute atomic E-state index is 0.0842. The van der Waals surface area contributed by atoms with Crippen LogP contribution in [0.1, 0.15) is 5.56 Å². The van der Waals surface area contributed by atoms with E-state index in [1.165, 1.54) is 32.6 Å². The third-order valence-electron chi connectivity index (χ3n) is 4.08. The average Bonchev–Trinajstić information content (AvgIpc) is 3.21. The lowest BCUT2D eigenvalue weighted by Gasteiger charge is -2.10. The number of ether oxygens (including phenoxy) is 3. The minimum atomic E-state index is -3.98. The van der Waals surface area contributed by atoms with E-state index in [-0.39, 0.29) is 10.6 Å². The van der Waals surface area contributed by atoms with Crippen LogP contribution in [0.3, 0.4) is 0 Å². The topological polar surface area (TPSA) is 115 Å². The van der Waals surface area contributed by atoms with Gasteiger partial charge in [0, 0.05) is 17.2 Å². The molecule has 2 aromatic carbocycles. The number of hydrazone groups is 1. The maximum absolute atomic E-state index is 12.6. The number of methoxy groups -OCH3 is 3. The van der Waals surface area contributed by atoms with Gasteiger partial charge in [-0.2, -0.15) is 23.4 Å². The van der Waals surface area contributed by atoms with Crippen LogP contribution in [0.15, 0.2) is 58.7 Å². The summed E-state index contributed by atoms with van der Waals surface area (Å²) in [5.41, 5.74) is 2.15. The first kappa shape index (κ1) is 20.2. The van der Waals surface area contributed by atoms with Gasteiger partial charge in [0.25, 0.3) is 10.0 Å². The molecule has 0 saturated carbocycles. The monoisotopic (exact) mass is 416 g/mol. The molecule has 9 nitrogen and oxygen atoms in total. The molecule has 0 bridgehead atoms. The lowest BCUT2D eigenvalue weighted by atomic mass is 10.1. The number of H-pyrrole nitrogens is 1. The number of hydrogen-bond acceptors (Lipinski definition) is 7. The van der Waals surface area contributed by atoms with Gasteiger partial charge in [-0.05, 0) is 36.4 Å². The van der Waals surface area contributed by atoms with Gasteiger partial charge in [-0.3, -0.25) is 5.10 Å². The number of aromatic nitrogens is 2. The van der Waals surface area contributed by atoms with Crippen LogP contribution in [-0.4, -0.2) is 46.2 Å². The molecule has 0 aliphatic carbocycles. The Morgan fingerprint density at radius 1 is 1.00 bits per heavy atom. The highest BCUT2D eigenvalue weighted by molar-refractivity contribution is 7.89. The number of hydrogen-bond donors (Lipinski definition) is 2. The van der Waals surface area contributed by atoms with Crippen LogP contribution in [0.25, 0.3) is 11.3 Å². The Bertz CT molecular complexity index is 1110. The van der Waals surface area contributed by atoms with E-state index < -0.39 is 10.0 Å². The highest BCUT2D eigenvalue weighted by Gasteiger charge is 2.20. The minimum Gasteiger partial charge on any atom is -0.497 e. The van der Waals surface area contributed by atoms with E-state index in [0.717, 1.165) is 11.3 Å². The van der Waals surface area contributed by atoms with Gasteiger partial charge in [0.15, 0.2) is 0 Å². The fourth-order valence-electron chi connectivity index (χ4n) is 2.59. The first-order valence-electron chi connectivity index (χ1n) is 8.43. The molecule has 0 aliphatic heterocycles. The molecule has 0 radical (unpaired) electrons. The summed E-state index contributed by atoms with van der Waals surface area (Å²) in [5.74, 6) is 1.28. The molecular formula is C19H20N4O5S. The van der Waals surface area contributed by atoms with Gasteiger partial charge >= 0.3 is 0 Å². The van der Waals surface area contributed by atoms with Crippen LogP contribution in [0.4, 0.5) is 0 Å². The second-order valence-electron chi connectivity index (χ2n) is 5.80. The number of rotatable bonds is 8. The maximum Gasteiger partial charge on any atom is 0.280 e. The van der Waals surface area contributed by atoms with Crippen molar-refractivity contribution >= 4 is 16.2 Å². The van der Waals surface area contributed by atoms with Gasteiger partial charge in [0.2, 0.25) is 0 Å². The third kappa shape index (κ3) is 4.49. The lowest BCUT2D eigenvalue weighted by molar-refractivity contribution is 0.392. The van der Waals surface area contributed by atoms with Gasteiger partial charge in [-0.15, -0.1) is 0 Å². The van der Waals surface area contributed by atoms with Gasteiger partial charge in [0.05, 0.1) is 39.4 Å². The van der Waals surface area contributed by atoms with Crippen molar-refractivity contribution in [2.24, 2.45) is 5.10 Å². The number of benzene rings is 2. The molecule has 0 fully saturated rings. The fourth-order valence-corrected chi connectivity index (χ4v) is 3.57. The predicted molar refractivity (Wildman–Crippen MR) is 108 cm³/mol. The van der Waals surface area contributed by atoms with Crippen LogP contribution in [-0.2, 0) is 10.0 Å². The van der Waals surface area contributed by atoms with E-state index >= 15 is 0 Å². The molecule has 0 amide bonds. The molecule has 0 saturated heterocycles. The van der Waals surface area contributed by atoms with Crippen molar-refractivity contribution in [1.29, 1.82) is 0 Å². The van der Waals surface area contributed by atoms with Crippen molar-refractivity contribution in [2.75, 3.05) is 21.3 Å². The van der Waals surface area contributed by atoms with Crippen LogP contribution in [0.5, 0.6) is 17.2 Å². The van der Waals surface area contributed by atoms with Crippen molar-refractivity contribution in [3.05, 3.63) is 54.2 Å². The number of aromatic amines is 1. The first-order valence-corrected chi connectivity index (χ1v) is 9.91. The second-order valence-corrected chi connectivity index (χ2v) is 7.43. The third-order valence-corrected chi connectivity index (χ3v) is 5.33. The SMILES string of the molecule is COc1ccc(-c2[nH]ncc2/C=N/NS(=O)(=O)c2cc(OC)ccc2OC)cc1. The molecule has 1 heterocycles. The summed E-state index contributed by atoms with van der Waals surface area (Å²) < 4.78 is 40.6. The highest BCUT2D eigenvalue weighted by atomic mass is 32.2. The zero-order valence-electron chi connectivity index (χ0n) is 16.0. The quantitative estimate of drug-likeness (QED) is 0.430. The van der Waals surface area contributed by atoms with E-state index in [1.54, 1.807) is 19.4 Å². The summed E-state index contributed by atoms with van der Waals surface area (Å²) in [7, 11) is 0.448. The summed E-state index contributed by atoms with van der Waals surface area (Å²) in [6, 6.07) is 11.8. The summed E-state index contributed by atoms with van der Waals surface area (Å²) >= 11 is 0. The highest BCUT2D eigenvalue weighted by Crippen LogP contribution is 2.28. The Kier molecular flexibility index (Phi) is 6.03. The second kappa shape index (κ2) is 8.65. The molecule has 29 heavy (non-hydrogen) atoms.